The molecular weight excluding hydrogens is 310 g/mol. The number of nitrogens with one attached hydrogen (secondary N) is 1. The Bertz CT molecular complexity index is 807. The number of fused-ring (bicyclic) bond motifs is 1. The third-order valence-corrected chi connectivity index (χ3v) is 5.94. The fourth-order valence-corrected chi connectivity index (χ4v) is 4.48. The SMILES string of the molecule is C=CC(=O)NC1CN(S(=O)(=O)c2ccc3ncsc3c2)C1. The van der Waals surface area contributed by atoms with Crippen molar-refractivity contribution in [2.45, 2.75) is 10.9 Å². The molecule has 0 bridgehead atoms. The summed E-state index contributed by atoms with van der Waals surface area (Å²) in [7, 11) is -3.51. The van der Waals surface area contributed by atoms with Gasteiger partial charge < -0.3 is 5.32 Å². The maximum absolute atomic E-state index is 12.5. The molecular formula is C13H13N3O3S2. The summed E-state index contributed by atoms with van der Waals surface area (Å²) in [5.74, 6) is -0.289. The van der Waals surface area contributed by atoms with Crippen molar-refractivity contribution >= 4 is 37.5 Å². The van der Waals surface area contributed by atoms with Gasteiger partial charge >= 0.3 is 0 Å². The number of sulfonamides is 1. The molecule has 8 heteroatoms. The molecule has 1 aromatic carbocycles. The number of carbonyl (C=O) groups excluding carboxylic acids is 1. The molecule has 6 nitrogen and oxygen atoms in total. The lowest BCUT2D eigenvalue weighted by atomic mass is 10.2. The predicted octanol–water partition coefficient (Wildman–Crippen LogP) is 0.971. The molecule has 1 N–H and O–H groups in total. The van der Waals surface area contributed by atoms with E-state index >= 15 is 0 Å². The molecule has 1 amide bonds. The highest BCUT2D eigenvalue weighted by atomic mass is 32.2. The van der Waals surface area contributed by atoms with Crippen LogP contribution in [0.1, 0.15) is 0 Å². The summed E-state index contributed by atoms with van der Waals surface area (Å²) in [6, 6.07) is 4.75. The summed E-state index contributed by atoms with van der Waals surface area (Å²) in [5, 5.41) is 2.67. The summed E-state index contributed by atoms with van der Waals surface area (Å²) < 4.78 is 27.1. The molecule has 2 aromatic rings. The maximum atomic E-state index is 12.5. The van der Waals surface area contributed by atoms with Gasteiger partial charge in [0, 0.05) is 13.1 Å². The van der Waals surface area contributed by atoms with Crippen LogP contribution in [0.4, 0.5) is 0 Å². The molecule has 0 spiro atoms. The van der Waals surface area contributed by atoms with E-state index in [4.69, 9.17) is 0 Å². The Morgan fingerprint density at radius 2 is 2.24 bits per heavy atom. The van der Waals surface area contributed by atoms with E-state index in [-0.39, 0.29) is 29.9 Å². The van der Waals surface area contributed by atoms with Gasteiger partial charge in [-0.05, 0) is 24.3 Å². The molecule has 1 fully saturated rings. The topological polar surface area (TPSA) is 79.4 Å². The molecule has 0 radical (unpaired) electrons. The van der Waals surface area contributed by atoms with Gasteiger partial charge in [0.15, 0.2) is 0 Å². The van der Waals surface area contributed by atoms with Crippen molar-refractivity contribution in [1.82, 2.24) is 14.6 Å². The monoisotopic (exact) mass is 323 g/mol. The first-order valence-corrected chi connectivity index (χ1v) is 8.59. The van der Waals surface area contributed by atoms with E-state index in [0.717, 1.165) is 10.2 Å². The second-order valence-electron chi connectivity index (χ2n) is 4.71. The molecule has 0 saturated carbocycles. The van der Waals surface area contributed by atoms with E-state index in [1.165, 1.54) is 21.7 Å². The van der Waals surface area contributed by atoms with Gasteiger partial charge in [0.05, 0.1) is 26.7 Å². The Morgan fingerprint density at radius 3 is 2.95 bits per heavy atom. The standard InChI is InChI=1S/C13H13N3O3S2/c1-2-13(17)15-9-6-16(7-9)21(18,19)10-3-4-11-12(5-10)20-8-14-11/h2-5,8-9H,1,6-7H2,(H,15,17). The Balaban J connectivity index is 1.76. The minimum absolute atomic E-state index is 0.155. The Labute approximate surface area is 126 Å². The predicted molar refractivity (Wildman–Crippen MR) is 80.5 cm³/mol. The molecule has 0 unspecified atom stereocenters. The van der Waals surface area contributed by atoms with Gasteiger partial charge in [-0.15, -0.1) is 11.3 Å². The van der Waals surface area contributed by atoms with Crippen LogP contribution in [0.15, 0.2) is 41.3 Å². The normalized spacial score (nSPS) is 16.6. The van der Waals surface area contributed by atoms with Crippen molar-refractivity contribution in [3.63, 3.8) is 0 Å². The summed E-state index contributed by atoms with van der Waals surface area (Å²) in [6.07, 6.45) is 1.18. The third-order valence-electron chi connectivity index (χ3n) is 3.32. The highest BCUT2D eigenvalue weighted by molar-refractivity contribution is 7.89. The highest BCUT2D eigenvalue weighted by Gasteiger charge is 2.37. The van der Waals surface area contributed by atoms with Gasteiger partial charge in [0.1, 0.15) is 0 Å². The molecule has 0 atom stereocenters. The smallest absolute Gasteiger partial charge is 0.243 e. The molecule has 1 aliphatic heterocycles. The number of amides is 1. The minimum Gasteiger partial charge on any atom is -0.347 e. The van der Waals surface area contributed by atoms with Crippen molar-refractivity contribution < 1.29 is 13.2 Å². The highest BCUT2D eigenvalue weighted by Crippen LogP contribution is 2.26. The summed E-state index contributed by atoms with van der Waals surface area (Å²) in [5.41, 5.74) is 2.48. The van der Waals surface area contributed by atoms with Gasteiger partial charge in [0.2, 0.25) is 15.9 Å². The molecule has 1 aliphatic rings. The number of hydrogen-bond donors (Lipinski definition) is 1. The van der Waals surface area contributed by atoms with E-state index in [0.29, 0.717) is 0 Å². The zero-order valence-electron chi connectivity index (χ0n) is 11.0. The zero-order chi connectivity index (χ0) is 15.0. The Morgan fingerprint density at radius 1 is 1.48 bits per heavy atom. The average Bonchev–Trinajstić information content (AvgIpc) is 2.88. The Kier molecular flexibility index (Phi) is 3.52. The van der Waals surface area contributed by atoms with Crippen LogP contribution in [0.25, 0.3) is 10.2 Å². The van der Waals surface area contributed by atoms with E-state index in [9.17, 15) is 13.2 Å². The first-order chi connectivity index (χ1) is 10.0. The van der Waals surface area contributed by atoms with Crippen LogP contribution in [-0.4, -0.2) is 42.7 Å². The van der Waals surface area contributed by atoms with Crippen molar-refractivity contribution in [2.75, 3.05) is 13.1 Å². The zero-order valence-corrected chi connectivity index (χ0v) is 12.7. The van der Waals surface area contributed by atoms with Crippen molar-refractivity contribution in [3.8, 4) is 0 Å². The molecule has 110 valence electrons. The van der Waals surface area contributed by atoms with Gasteiger partial charge in [-0.1, -0.05) is 6.58 Å². The minimum atomic E-state index is -3.51. The molecule has 2 heterocycles. The quantitative estimate of drug-likeness (QED) is 0.851. The summed E-state index contributed by atoms with van der Waals surface area (Å²) in [4.78, 5) is 15.5. The molecule has 1 saturated heterocycles. The number of rotatable bonds is 4. The fourth-order valence-electron chi connectivity index (χ4n) is 2.13. The van der Waals surface area contributed by atoms with Gasteiger partial charge in [0.25, 0.3) is 0 Å². The van der Waals surface area contributed by atoms with E-state index in [1.807, 2.05) is 0 Å². The van der Waals surface area contributed by atoms with Gasteiger partial charge in [-0.25, -0.2) is 13.4 Å². The Hall–Kier alpha value is -1.77. The molecule has 1 aromatic heterocycles. The van der Waals surface area contributed by atoms with Crippen LogP contribution in [-0.2, 0) is 14.8 Å². The third kappa shape index (κ3) is 2.57. The lowest BCUT2D eigenvalue weighted by Crippen LogP contribution is -2.60. The first-order valence-electron chi connectivity index (χ1n) is 6.27. The largest absolute Gasteiger partial charge is 0.347 e. The molecule has 0 aliphatic carbocycles. The lowest BCUT2D eigenvalue weighted by Gasteiger charge is -2.38. The second-order valence-corrected chi connectivity index (χ2v) is 7.54. The number of nitrogens with zero attached hydrogens (tertiary/aromatic N) is 2. The van der Waals surface area contributed by atoms with E-state index < -0.39 is 10.0 Å². The van der Waals surface area contributed by atoms with Crippen LogP contribution in [0.3, 0.4) is 0 Å². The number of benzene rings is 1. The van der Waals surface area contributed by atoms with Crippen molar-refractivity contribution in [2.24, 2.45) is 0 Å². The summed E-state index contributed by atoms with van der Waals surface area (Å²) >= 11 is 1.40. The molecule has 3 rings (SSSR count). The van der Waals surface area contributed by atoms with E-state index in [2.05, 4.69) is 16.9 Å². The maximum Gasteiger partial charge on any atom is 0.243 e. The van der Waals surface area contributed by atoms with Crippen LogP contribution in [0.5, 0.6) is 0 Å². The van der Waals surface area contributed by atoms with Crippen molar-refractivity contribution in [1.29, 1.82) is 0 Å². The number of carbonyl (C=O) groups is 1. The molecule has 21 heavy (non-hydrogen) atoms. The number of hydrogen-bond acceptors (Lipinski definition) is 5. The first kappa shape index (κ1) is 14.2. The number of aromatic nitrogens is 1. The van der Waals surface area contributed by atoms with Crippen LogP contribution in [0.2, 0.25) is 0 Å². The second kappa shape index (κ2) is 5.21. The summed E-state index contributed by atoms with van der Waals surface area (Å²) in [6.45, 7) is 3.92. The van der Waals surface area contributed by atoms with Gasteiger partial charge in [-0.3, -0.25) is 4.79 Å². The van der Waals surface area contributed by atoms with Crippen LogP contribution in [0, 0.1) is 0 Å². The number of thiazole rings is 1. The van der Waals surface area contributed by atoms with Gasteiger partial charge in [-0.2, -0.15) is 4.31 Å². The van der Waals surface area contributed by atoms with Crippen molar-refractivity contribution in [3.05, 3.63) is 36.4 Å². The van der Waals surface area contributed by atoms with Crippen LogP contribution < -0.4 is 5.32 Å². The average molecular weight is 323 g/mol. The lowest BCUT2D eigenvalue weighted by molar-refractivity contribution is -0.117. The van der Waals surface area contributed by atoms with Crippen LogP contribution >= 0.6 is 11.3 Å². The van der Waals surface area contributed by atoms with E-state index in [1.54, 1.807) is 23.7 Å². The fraction of sp³-hybridized carbons (Fsp3) is 0.231.